The molecule has 0 amide bonds. The maximum Gasteiger partial charge on any atom is 0.356 e. The zero-order chi connectivity index (χ0) is 20.3. The molecular weight excluding hydrogens is 373 g/mol. The SMILES string of the molecule is COC(=O)c1cccc(-c2nccn2CC2(c3cccc(F)c3)CCOCC2)n1. The fraction of sp³-hybridized carbons (Fsp3) is 0.318. The summed E-state index contributed by atoms with van der Waals surface area (Å²) in [6, 6.07) is 12.0. The molecular formula is C22H22FN3O3. The van der Waals surface area contributed by atoms with E-state index in [-0.39, 0.29) is 16.9 Å². The lowest BCUT2D eigenvalue weighted by atomic mass is 9.74. The molecule has 29 heavy (non-hydrogen) atoms. The van der Waals surface area contributed by atoms with E-state index in [9.17, 15) is 9.18 Å². The first kappa shape index (κ1) is 19.3. The van der Waals surface area contributed by atoms with Crippen LogP contribution in [-0.2, 0) is 21.4 Å². The van der Waals surface area contributed by atoms with Gasteiger partial charge < -0.3 is 14.0 Å². The second kappa shape index (κ2) is 8.13. The Morgan fingerprint density at radius 1 is 1.24 bits per heavy atom. The summed E-state index contributed by atoms with van der Waals surface area (Å²) in [5.41, 5.74) is 1.50. The number of benzene rings is 1. The molecule has 0 atom stereocenters. The number of pyridine rings is 1. The Hall–Kier alpha value is -3.06. The predicted octanol–water partition coefficient (Wildman–Crippen LogP) is 3.62. The number of halogens is 1. The standard InChI is InChI=1S/C22H22FN3O3/c1-28-21(27)19-7-3-6-18(25-19)20-24-10-11-26(20)15-22(8-12-29-13-9-22)16-4-2-5-17(23)14-16/h2-7,10-11,14H,8-9,12-13,15H2,1H3. The van der Waals surface area contributed by atoms with Crippen LogP contribution in [0.5, 0.6) is 0 Å². The van der Waals surface area contributed by atoms with Gasteiger partial charge in [0, 0.05) is 37.6 Å². The number of ether oxygens (including phenoxy) is 2. The van der Waals surface area contributed by atoms with Gasteiger partial charge in [-0.1, -0.05) is 18.2 Å². The molecule has 3 aromatic rings. The molecule has 1 aromatic carbocycles. The van der Waals surface area contributed by atoms with Gasteiger partial charge in [-0.15, -0.1) is 0 Å². The molecule has 7 heteroatoms. The van der Waals surface area contributed by atoms with Crippen molar-refractivity contribution in [2.75, 3.05) is 20.3 Å². The van der Waals surface area contributed by atoms with Crippen LogP contribution < -0.4 is 0 Å². The molecule has 2 aromatic heterocycles. The van der Waals surface area contributed by atoms with Crippen molar-refractivity contribution in [3.8, 4) is 11.5 Å². The summed E-state index contributed by atoms with van der Waals surface area (Å²) in [5.74, 6) is -0.0877. The van der Waals surface area contributed by atoms with E-state index in [1.165, 1.54) is 13.2 Å². The highest BCUT2D eigenvalue weighted by Gasteiger charge is 2.36. The molecule has 1 aliphatic rings. The Balaban J connectivity index is 1.71. The second-order valence-corrected chi connectivity index (χ2v) is 7.18. The third kappa shape index (κ3) is 3.91. The van der Waals surface area contributed by atoms with Gasteiger partial charge in [0.25, 0.3) is 0 Å². The highest BCUT2D eigenvalue weighted by molar-refractivity contribution is 5.87. The molecule has 0 radical (unpaired) electrons. The second-order valence-electron chi connectivity index (χ2n) is 7.18. The van der Waals surface area contributed by atoms with E-state index in [1.54, 1.807) is 30.5 Å². The third-order valence-electron chi connectivity index (χ3n) is 5.45. The largest absolute Gasteiger partial charge is 0.464 e. The van der Waals surface area contributed by atoms with Crippen molar-refractivity contribution in [3.63, 3.8) is 0 Å². The summed E-state index contributed by atoms with van der Waals surface area (Å²) in [5, 5.41) is 0. The Morgan fingerprint density at radius 3 is 2.79 bits per heavy atom. The van der Waals surface area contributed by atoms with Crippen LogP contribution >= 0.6 is 0 Å². The molecule has 0 saturated carbocycles. The van der Waals surface area contributed by atoms with Crippen LogP contribution in [0, 0.1) is 5.82 Å². The van der Waals surface area contributed by atoms with Crippen LogP contribution in [-0.4, -0.2) is 40.8 Å². The van der Waals surface area contributed by atoms with E-state index < -0.39 is 5.97 Å². The summed E-state index contributed by atoms with van der Waals surface area (Å²) in [4.78, 5) is 20.7. The molecule has 150 valence electrons. The quantitative estimate of drug-likeness (QED) is 0.618. The van der Waals surface area contributed by atoms with Crippen molar-refractivity contribution >= 4 is 5.97 Å². The summed E-state index contributed by atoms with van der Waals surface area (Å²) >= 11 is 0. The molecule has 1 fully saturated rings. The van der Waals surface area contributed by atoms with Gasteiger partial charge in [-0.3, -0.25) is 0 Å². The van der Waals surface area contributed by atoms with E-state index in [2.05, 4.69) is 9.97 Å². The van der Waals surface area contributed by atoms with Gasteiger partial charge in [0.05, 0.1) is 7.11 Å². The minimum absolute atomic E-state index is 0.227. The third-order valence-corrected chi connectivity index (χ3v) is 5.45. The maximum absolute atomic E-state index is 14.0. The van der Waals surface area contributed by atoms with Crippen molar-refractivity contribution in [3.05, 3.63) is 71.9 Å². The first-order valence-electron chi connectivity index (χ1n) is 9.52. The highest BCUT2D eigenvalue weighted by Crippen LogP contribution is 2.37. The van der Waals surface area contributed by atoms with Crippen molar-refractivity contribution in [2.24, 2.45) is 0 Å². The molecule has 6 nitrogen and oxygen atoms in total. The summed E-state index contributed by atoms with van der Waals surface area (Å²) in [6.45, 7) is 1.85. The summed E-state index contributed by atoms with van der Waals surface area (Å²) < 4.78 is 26.3. The summed E-state index contributed by atoms with van der Waals surface area (Å²) in [6.07, 6.45) is 5.16. The number of carbonyl (C=O) groups excluding carboxylic acids is 1. The first-order chi connectivity index (χ1) is 14.1. The minimum atomic E-state index is -0.495. The van der Waals surface area contributed by atoms with Crippen LogP contribution in [0.2, 0.25) is 0 Å². The number of hydrogen-bond donors (Lipinski definition) is 0. The molecule has 0 aliphatic carbocycles. The van der Waals surface area contributed by atoms with E-state index >= 15 is 0 Å². The number of methoxy groups -OCH3 is 1. The van der Waals surface area contributed by atoms with Gasteiger partial charge in [-0.05, 0) is 42.7 Å². The number of imidazole rings is 1. The van der Waals surface area contributed by atoms with Crippen molar-refractivity contribution in [1.82, 2.24) is 14.5 Å². The smallest absolute Gasteiger partial charge is 0.356 e. The molecule has 4 rings (SSSR count). The van der Waals surface area contributed by atoms with Gasteiger partial charge in [0.2, 0.25) is 0 Å². The van der Waals surface area contributed by atoms with Gasteiger partial charge in [0.15, 0.2) is 5.82 Å². The topological polar surface area (TPSA) is 66.2 Å². The average Bonchev–Trinajstić information content (AvgIpc) is 3.22. The number of esters is 1. The first-order valence-corrected chi connectivity index (χ1v) is 9.52. The number of rotatable bonds is 5. The molecule has 3 heterocycles. The lowest BCUT2D eigenvalue weighted by Gasteiger charge is -2.38. The number of carbonyl (C=O) groups is 1. The molecule has 0 N–H and O–H groups in total. The average molecular weight is 395 g/mol. The van der Waals surface area contributed by atoms with Crippen molar-refractivity contribution in [2.45, 2.75) is 24.8 Å². The maximum atomic E-state index is 14.0. The lowest BCUT2D eigenvalue weighted by molar-refractivity contribution is 0.0435. The van der Waals surface area contributed by atoms with E-state index in [4.69, 9.17) is 9.47 Å². The summed E-state index contributed by atoms with van der Waals surface area (Å²) in [7, 11) is 1.32. The Labute approximate surface area is 168 Å². The molecule has 0 bridgehead atoms. The van der Waals surface area contributed by atoms with Gasteiger partial charge >= 0.3 is 5.97 Å². The van der Waals surface area contributed by atoms with Gasteiger partial charge in [-0.25, -0.2) is 19.2 Å². The van der Waals surface area contributed by atoms with E-state index in [1.807, 2.05) is 22.9 Å². The van der Waals surface area contributed by atoms with Crippen LogP contribution in [0.15, 0.2) is 54.9 Å². The molecule has 1 saturated heterocycles. The minimum Gasteiger partial charge on any atom is -0.464 e. The van der Waals surface area contributed by atoms with Crippen LogP contribution in [0.1, 0.15) is 28.9 Å². The van der Waals surface area contributed by atoms with E-state index in [0.29, 0.717) is 31.3 Å². The number of hydrogen-bond acceptors (Lipinski definition) is 5. The Bertz CT molecular complexity index is 1010. The van der Waals surface area contributed by atoms with Crippen LogP contribution in [0.4, 0.5) is 4.39 Å². The van der Waals surface area contributed by atoms with Gasteiger partial charge in [-0.2, -0.15) is 0 Å². The van der Waals surface area contributed by atoms with Crippen molar-refractivity contribution < 1.29 is 18.7 Å². The predicted molar refractivity (Wildman–Crippen MR) is 105 cm³/mol. The normalized spacial score (nSPS) is 15.8. The zero-order valence-electron chi connectivity index (χ0n) is 16.2. The van der Waals surface area contributed by atoms with E-state index in [0.717, 1.165) is 18.4 Å². The number of nitrogens with zero attached hydrogens (tertiary/aromatic N) is 3. The Kier molecular flexibility index (Phi) is 5.40. The molecule has 0 unspecified atom stereocenters. The van der Waals surface area contributed by atoms with Gasteiger partial charge in [0.1, 0.15) is 17.2 Å². The fourth-order valence-corrected chi connectivity index (χ4v) is 3.89. The lowest BCUT2D eigenvalue weighted by Crippen LogP contribution is -2.38. The van der Waals surface area contributed by atoms with Crippen LogP contribution in [0.25, 0.3) is 11.5 Å². The number of aromatic nitrogens is 3. The van der Waals surface area contributed by atoms with Crippen LogP contribution in [0.3, 0.4) is 0 Å². The highest BCUT2D eigenvalue weighted by atomic mass is 19.1. The Morgan fingerprint density at radius 2 is 2.03 bits per heavy atom. The zero-order valence-corrected chi connectivity index (χ0v) is 16.2. The molecule has 0 spiro atoms. The fourth-order valence-electron chi connectivity index (χ4n) is 3.89. The monoisotopic (exact) mass is 395 g/mol. The van der Waals surface area contributed by atoms with Crippen molar-refractivity contribution in [1.29, 1.82) is 0 Å². The molecule has 1 aliphatic heterocycles.